The molecule has 1 nitrogen and oxygen atoms in total. The molecule has 0 saturated carbocycles. The molecule has 0 fully saturated rings. The van der Waals surface area contributed by atoms with Gasteiger partial charge >= 0.3 is 0 Å². The third kappa shape index (κ3) is 3.28. The molecule has 0 amide bonds. The molecule has 1 aromatic carbocycles. The molecule has 17 heavy (non-hydrogen) atoms. The predicted molar refractivity (Wildman–Crippen MR) is 69.5 cm³/mol. The molecule has 0 unspecified atom stereocenters. The van der Waals surface area contributed by atoms with E-state index in [-0.39, 0.29) is 0 Å². The van der Waals surface area contributed by atoms with Crippen molar-refractivity contribution >= 4 is 23.1 Å². The fourth-order valence-electron chi connectivity index (χ4n) is 1.47. The van der Waals surface area contributed by atoms with E-state index in [1.807, 2.05) is 23.6 Å². The van der Waals surface area contributed by atoms with Crippen LogP contribution in [0.25, 0.3) is 11.1 Å². The number of thiophene rings is 1. The van der Waals surface area contributed by atoms with Gasteiger partial charge in [-0.1, -0.05) is 23.9 Å². The zero-order chi connectivity index (χ0) is 12.3. The van der Waals surface area contributed by atoms with Crippen LogP contribution >= 0.6 is 23.1 Å². The Hall–Kier alpha value is -0.910. The molecule has 2 aromatic rings. The average molecular weight is 271 g/mol. The van der Waals surface area contributed by atoms with Gasteiger partial charge < -0.3 is 5.73 Å². The van der Waals surface area contributed by atoms with Crippen LogP contribution < -0.4 is 5.73 Å². The lowest BCUT2D eigenvalue weighted by molar-refractivity contribution is 0.252. The van der Waals surface area contributed by atoms with Gasteiger partial charge in [-0.3, -0.25) is 0 Å². The maximum atomic E-state index is 12.1. The third-order valence-corrected chi connectivity index (χ3v) is 3.95. The summed E-state index contributed by atoms with van der Waals surface area (Å²) in [5, 5.41) is 2.03. The Labute approximate surface area is 107 Å². The second-order valence-corrected chi connectivity index (χ2v) is 5.47. The summed E-state index contributed by atoms with van der Waals surface area (Å²) >= 11 is 2.17. The molecule has 0 aliphatic heterocycles. The van der Waals surface area contributed by atoms with E-state index in [1.54, 1.807) is 23.5 Å². The number of rotatable bonds is 4. The first-order chi connectivity index (χ1) is 8.19. The minimum absolute atomic E-state index is 0.532. The molecule has 90 valence electrons. The Kier molecular flexibility index (Phi) is 4.15. The molecule has 0 bridgehead atoms. The zero-order valence-corrected chi connectivity index (χ0v) is 10.5. The first-order valence-electron chi connectivity index (χ1n) is 5.02. The Morgan fingerprint density at radius 3 is 2.41 bits per heavy atom. The number of halogens is 2. The Balaban J connectivity index is 2.17. The first-order valence-corrected chi connectivity index (χ1v) is 6.77. The molecular formula is C12H11F2NS2. The number of thioether (sulfide) groups is 1. The maximum absolute atomic E-state index is 12.1. The molecule has 1 aromatic heterocycles. The second kappa shape index (κ2) is 5.62. The Bertz CT molecular complexity index is 480. The van der Waals surface area contributed by atoms with E-state index in [2.05, 4.69) is 0 Å². The molecule has 1 heterocycles. The fraction of sp³-hybridized carbons (Fsp3) is 0.167. The number of alkyl halides is 2. The van der Waals surface area contributed by atoms with Crippen molar-refractivity contribution in [2.45, 2.75) is 17.2 Å². The van der Waals surface area contributed by atoms with Crippen LogP contribution in [0.15, 0.2) is 40.6 Å². The van der Waals surface area contributed by atoms with E-state index >= 15 is 0 Å². The van der Waals surface area contributed by atoms with Gasteiger partial charge in [0.1, 0.15) is 0 Å². The SMILES string of the molecule is NCc1cc(-c2ccc(SC(F)F)cc2)cs1. The van der Waals surface area contributed by atoms with Crippen LogP contribution in [-0.4, -0.2) is 5.76 Å². The molecule has 0 radical (unpaired) electrons. The number of nitrogens with two attached hydrogens (primary N) is 1. The summed E-state index contributed by atoms with van der Waals surface area (Å²) in [5.41, 5.74) is 7.66. The van der Waals surface area contributed by atoms with Gasteiger partial charge in [0.15, 0.2) is 0 Å². The van der Waals surface area contributed by atoms with Gasteiger partial charge in [-0.15, -0.1) is 11.3 Å². The van der Waals surface area contributed by atoms with Crippen molar-refractivity contribution in [3.05, 3.63) is 40.6 Å². The highest BCUT2D eigenvalue weighted by Gasteiger charge is 2.06. The summed E-state index contributed by atoms with van der Waals surface area (Å²) in [7, 11) is 0. The van der Waals surface area contributed by atoms with Gasteiger partial charge in [-0.25, -0.2) is 0 Å². The molecule has 2 rings (SSSR count). The van der Waals surface area contributed by atoms with Gasteiger partial charge in [0.25, 0.3) is 5.76 Å². The molecule has 5 heteroatoms. The van der Waals surface area contributed by atoms with Crippen LogP contribution in [0.5, 0.6) is 0 Å². The molecule has 0 saturated heterocycles. The van der Waals surface area contributed by atoms with Crippen LogP contribution in [0.2, 0.25) is 0 Å². The maximum Gasteiger partial charge on any atom is 0.288 e. The summed E-state index contributed by atoms with van der Waals surface area (Å²) in [6.07, 6.45) is 0. The van der Waals surface area contributed by atoms with Gasteiger partial charge in [0, 0.05) is 16.3 Å². The summed E-state index contributed by atoms with van der Waals surface area (Å²) in [6.45, 7) is 0.532. The van der Waals surface area contributed by atoms with E-state index in [0.717, 1.165) is 16.0 Å². The first kappa shape index (κ1) is 12.5. The van der Waals surface area contributed by atoms with Gasteiger partial charge in [-0.05, 0) is 34.7 Å². The van der Waals surface area contributed by atoms with Gasteiger partial charge in [0.05, 0.1) is 0 Å². The van der Waals surface area contributed by atoms with Crippen molar-refractivity contribution in [1.82, 2.24) is 0 Å². The summed E-state index contributed by atoms with van der Waals surface area (Å²) in [6, 6.07) is 9.16. The fourth-order valence-corrected chi connectivity index (χ4v) is 2.74. The van der Waals surface area contributed by atoms with Crippen molar-refractivity contribution in [2.75, 3.05) is 0 Å². The van der Waals surface area contributed by atoms with Crippen LogP contribution in [0.1, 0.15) is 4.88 Å². The van der Waals surface area contributed by atoms with E-state index in [4.69, 9.17) is 5.73 Å². The molecule has 0 aliphatic rings. The lowest BCUT2D eigenvalue weighted by Gasteiger charge is -2.01. The number of hydrogen-bond acceptors (Lipinski definition) is 3. The highest BCUT2D eigenvalue weighted by Crippen LogP contribution is 2.29. The summed E-state index contributed by atoms with van der Waals surface area (Å²) in [4.78, 5) is 1.70. The minimum atomic E-state index is -2.37. The highest BCUT2D eigenvalue weighted by atomic mass is 32.2. The van der Waals surface area contributed by atoms with Crippen molar-refractivity contribution in [2.24, 2.45) is 5.73 Å². The normalized spacial score (nSPS) is 11.1. The topological polar surface area (TPSA) is 26.0 Å². The highest BCUT2D eigenvalue weighted by molar-refractivity contribution is 7.99. The van der Waals surface area contributed by atoms with E-state index in [9.17, 15) is 8.78 Å². The van der Waals surface area contributed by atoms with E-state index < -0.39 is 5.76 Å². The smallest absolute Gasteiger partial charge is 0.288 e. The standard InChI is InChI=1S/C12H11F2NS2/c13-12(14)17-10-3-1-8(2-4-10)9-5-11(6-15)16-7-9/h1-5,7,12H,6,15H2. The molecular weight excluding hydrogens is 260 g/mol. The predicted octanol–water partition coefficient (Wildman–Crippen LogP) is 4.19. The van der Waals surface area contributed by atoms with Crippen molar-refractivity contribution in [3.63, 3.8) is 0 Å². The van der Waals surface area contributed by atoms with E-state index in [0.29, 0.717) is 23.2 Å². The van der Waals surface area contributed by atoms with Crippen molar-refractivity contribution < 1.29 is 8.78 Å². The molecule has 0 aliphatic carbocycles. The largest absolute Gasteiger partial charge is 0.326 e. The second-order valence-electron chi connectivity index (χ2n) is 3.41. The van der Waals surface area contributed by atoms with Crippen LogP contribution in [0.4, 0.5) is 8.78 Å². The minimum Gasteiger partial charge on any atom is -0.326 e. The van der Waals surface area contributed by atoms with Gasteiger partial charge in [-0.2, -0.15) is 8.78 Å². The molecule has 0 atom stereocenters. The number of benzene rings is 1. The van der Waals surface area contributed by atoms with Crippen LogP contribution in [0.3, 0.4) is 0 Å². The van der Waals surface area contributed by atoms with Crippen molar-refractivity contribution in [3.8, 4) is 11.1 Å². The monoisotopic (exact) mass is 271 g/mol. The zero-order valence-electron chi connectivity index (χ0n) is 8.90. The quantitative estimate of drug-likeness (QED) is 0.844. The molecule has 2 N–H and O–H groups in total. The van der Waals surface area contributed by atoms with Crippen molar-refractivity contribution in [1.29, 1.82) is 0 Å². The van der Waals surface area contributed by atoms with E-state index in [1.165, 1.54) is 0 Å². The number of hydrogen-bond donors (Lipinski definition) is 1. The lowest BCUT2D eigenvalue weighted by Crippen LogP contribution is -1.91. The van der Waals surface area contributed by atoms with Gasteiger partial charge in [0.2, 0.25) is 0 Å². The third-order valence-electron chi connectivity index (χ3n) is 2.27. The molecule has 0 spiro atoms. The Morgan fingerprint density at radius 2 is 1.88 bits per heavy atom. The van der Waals surface area contributed by atoms with Crippen LogP contribution in [0, 0.1) is 0 Å². The average Bonchev–Trinajstić information content (AvgIpc) is 2.78. The Morgan fingerprint density at radius 1 is 1.18 bits per heavy atom. The summed E-state index contributed by atoms with van der Waals surface area (Å²) < 4.78 is 24.3. The summed E-state index contributed by atoms with van der Waals surface area (Å²) in [5.74, 6) is -2.37. The lowest BCUT2D eigenvalue weighted by atomic mass is 10.1. The van der Waals surface area contributed by atoms with Crippen LogP contribution in [-0.2, 0) is 6.54 Å².